The minimum absolute atomic E-state index is 0.0270. The van der Waals surface area contributed by atoms with E-state index in [-0.39, 0.29) is 24.8 Å². The van der Waals surface area contributed by atoms with Crippen molar-refractivity contribution in [2.45, 2.75) is 44.6 Å². The molecule has 2 aromatic heterocycles. The van der Waals surface area contributed by atoms with Crippen molar-refractivity contribution in [1.82, 2.24) is 14.9 Å². The minimum atomic E-state index is -0.0270. The molecule has 0 spiro atoms. The highest BCUT2D eigenvalue weighted by atomic mass is 16.2. The summed E-state index contributed by atoms with van der Waals surface area (Å²) in [5, 5.41) is 9.70. The highest BCUT2D eigenvalue weighted by molar-refractivity contribution is 5.94. The van der Waals surface area contributed by atoms with Gasteiger partial charge >= 0.3 is 0 Å². The molecule has 27 heavy (non-hydrogen) atoms. The molecule has 138 valence electrons. The Morgan fingerprint density at radius 3 is 3.07 bits per heavy atom. The maximum Gasteiger partial charge on any atom is 0.227 e. The number of fused-ring (bicyclic) bond motifs is 1. The van der Waals surface area contributed by atoms with Crippen LogP contribution in [-0.2, 0) is 9.59 Å². The molecule has 1 fully saturated rings. The number of carbonyl (C=O) groups is 2. The second-order valence-electron chi connectivity index (χ2n) is 7.01. The second kappa shape index (κ2) is 7.23. The van der Waals surface area contributed by atoms with Crippen LogP contribution in [0.2, 0.25) is 0 Å². The molecule has 7 heteroatoms. The molecule has 1 saturated carbocycles. The fraction of sp³-hybridized carbons (Fsp3) is 0.400. The largest absolute Gasteiger partial charge is 0.346 e. The van der Waals surface area contributed by atoms with E-state index in [2.05, 4.69) is 9.97 Å². The Morgan fingerprint density at radius 2 is 2.33 bits per heavy atom. The van der Waals surface area contributed by atoms with Gasteiger partial charge in [0.1, 0.15) is 11.5 Å². The fourth-order valence-corrected chi connectivity index (χ4v) is 3.57. The van der Waals surface area contributed by atoms with E-state index in [0.717, 1.165) is 54.3 Å². The number of anilines is 1. The SMILES string of the molecule is N#CCCC(=O)N1C=C(c2cc(N(C=O)C3CC3)nc3[nH]ccc23)CCC1. The Hall–Kier alpha value is -3.14. The van der Waals surface area contributed by atoms with Gasteiger partial charge in [-0.15, -0.1) is 0 Å². The molecular weight excluding hydrogens is 342 g/mol. The zero-order valence-corrected chi connectivity index (χ0v) is 15.0. The number of aromatic amines is 1. The lowest BCUT2D eigenvalue weighted by molar-refractivity contribution is -0.128. The molecule has 2 aliphatic rings. The number of rotatable bonds is 6. The van der Waals surface area contributed by atoms with E-state index in [9.17, 15) is 9.59 Å². The summed E-state index contributed by atoms with van der Waals surface area (Å²) in [6.45, 7) is 0.671. The van der Waals surface area contributed by atoms with Gasteiger partial charge in [-0.3, -0.25) is 14.5 Å². The van der Waals surface area contributed by atoms with E-state index >= 15 is 0 Å². The van der Waals surface area contributed by atoms with Crippen LogP contribution in [0.25, 0.3) is 16.6 Å². The number of amides is 2. The summed E-state index contributed by atoms with van der Waals surface area (Å²) in [6.07, 6.45) is 8.79. The van der Waals surface area contributed by atoms with Gasteiger partial charge in [0.05, 0.1) is 6.07 Å². The maximum atomic E-state index is 12.3. The van der Waals surface area contributed by atoms with Crippen LogP contribution < -0.4 is 4.90 Å². The average molecular weight is 363 g/mol. The van der Waals surface area contributed by atoms with Crippen LogP contribution >= 0.6 is 0 Å². The number of hydrogen-bond acceptors (Lipinski definition) is 4. The summed E-state index contributed by atoms with van der Waals surface area (Å²) in [5.74, 6) is 0.618. The quantitative estimate of drug-likeness (QED) is 0.799. The highest BCUT2D eigenvalue weighted by Crippen LogP contribution is 2.35. The first-order chi connectivity index (χ1) is 13.2. The van der Waals surface area contributed by atoms with Crippen LogP contribution in [0, 0.1) is 11.3 Å². The van der Waals surface area contributed by atoms with Gasteiger partial charge in [0.2, 0.25) is 12.3 Å². The topological polar surface area (TPSA) is 93.1 Å². The Bertz CT molecular complexity index is 951. The van der Waals surface area contributed by atoms with Crippen molar-refractivity contribution in [3.63, 3.8) is 0 Å². The van der Waals surface area contributed by atoms with Crippen molar-refractivity contribution < 1.29 is 9.59 Å². The third-order valence-corrected chi connectivity index (χ3v) is 5.11. The maximum absolute atomic E-state index is 12.3. The fourth-order valence-electron chi connectivity index (χ4n) is 3.57. The van der Waals surface area contributed by atoms with Crippen molar-refractivity contribution >= 4 is 34.7 Å². The van der Waals surface area contributed by atoms with E-state index in [1.54, 1.807) is 9.80 Å². The summed E-state index contributed by atoms with van der Waals surface area (Å²) < 4.78 is 0. The molecular formula is C20H21N5O2. The van der Waals surface area contributed by atoms with Gasteiger partial charge in [0.15, 0.2) is 0 Å². The Morgan fingerprint density at radius 1 is 1.48 bits per heavy atom. The van der Waals surface area contributed by atoms with Crippen molar-refractivity contribution in [3.8, 4) is 6.07 Å². The van der Waals surface area contributed by atoms with Crippen LogP contribution in [0.4, 0.5) is 5.82 Å². The molecule has 0 atom stereocenters. The van der Waals surface area contributed by atoms with Gasteiger partial charge in [-0.2, -0.15) is 5.26 Å². The summed E-state index contributed by atoms with van der Waals surface area (Å²) in [6, 6.07) is 6.19. The number of nitrogens with zero attached hydrogens (tertiary/aromatic N) is 4. The lowest BCUT2D eigenvalue weighted by atomic mass is 9.97. The van der Waals surface area contributed by atoms with Crippen LogP contribution in [0.5, 0.6) is 0 Å². The molecule has 0 aromatic carbocycles. The smallest absolute Gasteiger partial charge is 0.227 e. The number of aromatic nitrogens is 2. The zero-order chi connectivity index (χ0) is 18.8. The number of carbonyl (C=O) groups excluding carboxylic acids is 2. The van der Waals surface area contributed by atoms with Crippen molar-refractivity contribution in [2.24, 2.45) is 0 Å². The monoisotopic (exact) mass is 363 g/mol. The predicted molar refractivity (Wildman–Crippen MR) is 101 cm³/mol. The van der Waals surface area contributed by atoms with Gasteiger partial charge in [-0.05, 0) is 49.0 Å². The Labute approximate surface area is 157 Å². The predicted octanol–water partition coefficient (Wildman–Crippen LogP) is 2.96. The summed E-state index contributed by atoms with van der Waals surface area (Å²) in [5.41, 5.74) is 2.80. The first kappa shape index (κ1) is 17.3. The summed E-state index contributed by atoms with van der Waals surface area (Å²) in [7, 11) is 0. The summed E-state index contributed by atoms with van der Waals surface area (Å²) >= 11 is 0. The van der Waals surface area contributed by atoms with Crippen LogP contribution in [-0.4, -0.2) is 39.8 Å². The lowest BCUT2D eigenvalue weighted by Crippen LogP contribution is -2.29. The number of H-pyrrole nitrogens is 1. The molecule has 0 saturated heterocycles. The standard InChI is InChI=1S/C20H21N5O2/c21-8-1-4-19(27)24-10-2-3-14(12-24)17-11-18(25(13-26)15-5-6-15)23-20-16(17)7-9-22-20/h7,9,11-13,15H,1-6,10H2,(H,22,23). The minimum Gasteiger partial charge on any atom is -0.346 e. The molecule has 2 aromatic rings. The van der Waals surface area contributed by atoms with E-state index in [0.29, 0.717) is 12.4 Å². The van der Waals surface area contributed by atoms with E-state index < -0.39 is 0 Å². The van der Waals surface area contributed by atoms with Gasteiger partial charge < -0.3 is 9.88 Å². The number of allylic oxidation sites excluding steroid dienone is 1. The molecule has 4 rings (SSSR count). The second-order valence-corrected chi connectivity index (χ2v) is 7.01. The third kappa shape index (κ3) is 3.43. The molecule has 2 amide bonds. The summed E-state index contributed by atoms with van der Waals surface area (Å²) in [4.78, 5) is 35.1. The molecule has 1 N–H and O–H groups in total. The van der Waals surface area contributed by atoms with E-state index in [4.69, 9.17) is 5.26 Å². The molecule has 0 unspecified atom stereocenters. The van der Waals surface area contributed by atoms with Gasteiger partial charge in [0, 0.05) is 43.2 Å². The zero-order valence-electron chi connectivity index (χ0n) is 15.0. The Balaban J connectivity index is 1.72. The van der Waals surface area contributed by atoms with Crippen molar-refractivity contribution in [3.05, 3.63) is 30.1 Å². The lowest BCUT2D eigenvalue weighted by Gasteiger charge is -2.26. The van der Waals surface area contributed by atoms with Crippen molar-refractivity contribution in [2.75, 3.05) is 11.4 Å². The number of nitrogens with one attached hydrogen (secondary N) is 1. The number of hydrogen-bond donors (Lipinski definition) is 1. The first-order valence-corrected chi connectivity index (χ1v) is 9.30. The highest BCUT2D eigenvalue weighted by Gasteiger charge is 2.31. The van der Waals surface area contributed by atoms with E-state index in [1.165, 1.54) is 0 Å². The molecule has 0 bridgehead atoms. The van der Waals surface area contributed by atoms with Crippen LogP contribution in [0.3, 0.4) is 0 Å². The molecule has 3 heterocycles. The average Bonchev–Trinajstić information content (AvgIpc) is 3.42. The van der Waals surface area contributed by atoms with Crippen LogP contribution in [0.1, 0.15) is 44.1 Å². The normalized spacial score (nSPS) is 16.7. The van der Waals surface area contributed by atoms with Crippen LogP contribution in [0.15, 0.2) is 24.5 Å². The van der Waals surface area contributed by atoms with Gasteiger partial charge in [-0.25, -0.2) is 4.98 Å². The molecule has 1 aliphatic heterocycles. The first-order valence-electron chi connectivity index (χ1n) is 9.30. The van der Waals surface area contributed by atoms with E-state index in [1.807, 2.05) is 30.6 Å². The van der Waals surface area contributed by atoms with Crippen molar-refractivity contribution in [1.29, 1.82) is 5.26 Å². The van der Waals surface area contributed by atoms with Gasteiger partial charge in [0.25, 0.3) is 0 Å². The molecule has 0 radical (unpaired) electrons. The van der Waals surface area contributed by atoms with Gasteiger partial charge in [-0.1, -0.05) is 0 Å². The number of pyridine rings is 1. The molecule has 1 aliphatic carbocycles. The third-order valence-electron chi connectivity index (χ3n) is 5.11. The Kier molecular flexibility index (Phi) is 4.63. The number of nitriles is 1. The molecule has 7 nitrogen and oxygen atoms in total.